The second kappa shape index (κ2) is 3.92. The summed E-state index contributed by atoms with van der Waals surface area (Å²) in [6.45, 7) is 6.99. The van der Waals surface area contributed by atoms with Crippen LogP contribution in [0.4, 0.5) is 5.13 Å². The van der Waals surface area contributed by atoms with Crippen LogP contribution in [-0.2, 0) is 12.8 Å². The minimum absolute atomic E-state index is 0.369. The van der Waals surface area contributed by atoms with Gasteiger partial charge in [0.05, 0.1) is 0 Å². The van der Waals surface area contributed by atoms with Gasteiger partial charge in [0.2, 0.25) is 0 Å². The number of fused-ring (bicyclic) bond motifs is 2. The van der Waals surface area contributed by atoms with Gasteiger partial charge >= 0.3 is 0 Å². The molecule has 1 atom stereocenters. The van der Waals surface area contributed by atoms with Gasteiger partial charge in [-0.15, -0.1) is 0 Å². The van der Waals surface area contributed by atoms with E-state index < -0.39 is 0 Å². The van der Waals surface area contributed by atoms with Gasteiger partial charge in [-0.3, -0.25) is 0 Å². The normalized spacial score (nSPS) is 20.1. The van der Waals surface area contributed by atoms with Gasteiger partial charge in [-0.05, 0) is 42.2 Å². The van der Waals surface area contributed by atoms with Gasteiger partial charge in [0.15, 0.2) is 5.13 Å². The van der Waals surface area contributed by atoms with Crippen molar-refractivity contribution in [3.05, 3.63) is 17.3 Å². The lowest BCUT2D eigenvalue weighted by Gasteiger charge is -2.34. The Morgan fingerprint density at radius 2 is 2.11 bits per heavy atom. The number of nitrogen functional groups attached to an aromatic ring is 1. The van der Waals surface area contributed by atoms with Crippen LogP contribution in [0.2, 0.25) is 0 Å². The average Bonchev–Trinajstić information content (AvgIpc) is 2.62. The summed E-state index contributed by atoms with van der Waals surface area (Å²) in [5.74, 6) is 0.736. The van der Waals surface area contributed by atoms with E-state index in [1.54, 1.807) is 0 Å². The number of aromatic nitrogens is 2. The molecule has 3 rings (SSSR count). The molecule has 4 heteroatoms. The molecule has 0 bridgehead atoms. The summed E-state index contributed by atoms with van der Waals surface area (Å²) in [7, 11) is 0. The lowest BCUT2D eigenvalue weighted by atomic mass is 9.71. The average molecular weight is 261 g/mol. The quantitative estimate of drug-likeness (QED) is 0.790. The van der Waals surface area contributed by atoms with E-state index in [0.717, 1.165) is 29.1 Å². The highest BCUT2D eigenvalue weighted by Crippen LogP contribution is 2.38. The highest BCUT2D eigenvalue weighted by atomic mass is 32.1. The van der Waals surface area contributed by atoms with Crippen LogP contribution >= 0.6 is 11.3 Å². The van der Waals surface area contributed by atoms with Crippen LogP contribution in [0.25, 0.3) is 10.3 Å². The third-order valence-electron chi connectivity index (χ3n) is 3.99. The first-order valence-corrected chi connectivity index (χ1v) is 7.30. The summed E-state index contributed by atoms with van der Waals surface area (Å²) in [4.78, 5) is 10.1. The lowest BCUT2D eigenvalue weighted by molar-refractivity contribution is 0.215. The molecule has 1 unspecified atom stereocenters. The van der Waals surface area contributed by atoms with Gasteiger partial charge in [-0.1, -0.05) is 32.1 Å². The van der Waals surface area contributed by atoms with Crippen molar-refractivity contribution < 1.29 is 0 Å². The second-order valence-electron chi connectivity index (χ2n) is 6.28. The standard InChI is InChI=1S/C14H19N3S/c1-14(2,3)9-4-5-10-8(6-9)7-11-12(16-10)18-13(15)17-11/h7,9H,4-6H2,1-3H3,(H2,15,17). The number of thiazole rings is 1. The van der Waals surface area contributed by atoms with E-state index in [1.165, 1.54) is 29.0 Å². The number of aryl methyl sites for hydroxylation is 1. The molecule has 0 spiro atoms. The first-order chi connectivity index (χ1) is 8.43. The number of rotatable bonds is 0. The molecule has 2 aromatic heterocycles. The maximum Gasteiger partial charge on any atom is 0.182 e. The van der Waals surface area contributed by atoms with Crippen LogP contribution in [0, 0.1) is 11.3 Å². The Morgan fingerprint density at radius 3 is 2.83 bits per heavy atom. The molecule has 96 valence electrons. The van der Waals surface area contributed by atoms with Crippen molar-refractivity contribution in [1.29, 1.82) is 0 Å². The fourth-order valence-electron chi connectivity index (χ4n) is 2.77. The maximum atomic E-state index is 5.75. The number of hydrogen-bond donors (Lipinski definition) is 1. The van der Waals surface area contributed by atoms with E-state index in [4.69, 9.17) is 10.7 Å². The van der Waals surface area contributed by atoms with Crippen molar-refractivity contribution in [2.45, 2.75) is 40.0 Å². The molecule has 2 N–H and O–H groups in total. The SMILES string of the molecule is CC(C)(C)C1CCc2nc3sc(N)nc3cc2C1. The number of hydrogen-bond acceptors (Lipinski definition) is 4. The van der Waals surface area contributed by atoms with Crippen LogP contribution in [0.1, 0.15) is 38.4 Å². The number of nitrogens with two attached hydrogens (primary N) is 1. The van der Waals surface area contributed by atoms with Crippen molar-refractivity contribution in [1.82, 2.24) is 9.97 Å². The summed E-state index contributed by atoms with van der Waals surface area (Å²) in [6, 6.07) is 2.20. The van der Waals surface area contributed by atoms with Gasteiger partial charge in [-0.25, -0.2) is 9.97 Å². The monoisotopic (exact) mass is 261 g/mol. The molecule has 3 nitrogen and oxygen atoms in total. The largest absolute Gasteiger partial charge is 0.375 e. The molecule has 0 radical (unpaired) electrons. The molecular weight excluding hydrogens is 242 g/mol. The molecule has 0 saturated carbocycles. The number of nitrogens with zero attached hydrogens (tertiary/aromatic N) is 2. The molecule has 0 saturated heterocycles. The van der Waals surface area contributed by atoms with Gasteiger partial charge in [0.25, 0.3) is 0 Å². The predicted molar refractivity (Wildman–Crippen MR) is 76.8 cm³/mol. The van der Waals surface area contributed by atoms with Crippen molar-refractivity contribution in [3.8, 4) is 0 Å². The first-order valence-electron chi connectivity index (χ1n) is 6.48. The van der Waals surface area contributed by atoms with Crippen molar-refractivity contribution in [2.24, 2.45) is 11.3 Å². The van der Waals surface area contributed by atoms with E-state index in [2.05, 4.69) is 31.8 Å². The summed E-state index contributed by atoms with van der Waals surface area (Å²) < 4.78 is 0. The molecule has 1 aliphatic rings. The smallest absolute Gasteiger partial charge is 0.182 e. The summed E-state index contributed by atoms with van der Waals surface area (Å²) in [5.41, 5.74) is 9.72. The van der Waals surface area contributed by atoms with Gasteiger partial charge in [0, 0.05) is 5.69 Å². The Labute approximate surface area is 111 Å². The van der Waals surface area contributed by atoms with E-state index in [0.29, 0.717) is 10.5 Å². The molecule has 2 aromatic rings. The molecule has 0 amide bonds. The zero-order valence-corrected chi connectivity index (χ0v) is 12.0. The predicted octanol–water partition coefficient (Wildman–Crippen LogP) is 3.42. The molecule has 0 aliphatic heterocycles. The van der Waals surface area contributed by atoms with Crippen molar-refractivity contribution in [2.75, 3.05) is 5.73 Å². The highest BCUT2D eigenvalue weighted by Gasteiger charge is 2.29. The Kier molecular flexibility index (Phi) is 2.59. The topological polar surface area (TPSA) is 51.8 Å². The van der Waals surface area contributed by atoms with Gasteiger partial charge < -0.3 is 5.73 Å². The summed E-state index contributed by atoms with van der Waals surface area (Å²) in [5, 5.41) is 0.618. The van der Waals surface area contributed by atoms with E-state index >= 15 is 0 Å². The Bertz CT molecular complexity index is 595. The zero-order chi connectivity index (χ0) is 12.9. The van der Waals surface area contributed by atoms with E-state index in [-0.39, 0.29) is 0 Å². The van der Waals surface area contributed by atoms with E-state index in [1.807, 2.05) is 0 Å². The maximum absolute atomic E-state index is 5.75. The van der Waals surface area contributed by atoms with E-state index in [9.17, 15) is 0 Å². The third-order valence-corrected chi connectivity index (χ3v) is 4.78. The number of pyridine rings is 1. The summed E-state index contributed by atoms with van der Waals surface area (Å²) in [6.07, 6.45) is 3.45. The fourth-order valence-corrected chi connectivity index (χ4v) is 3.48. The Hall–Kier alpha value is -1.16. The molecule has 0 fully saturated rings. The molecular formula is C14H19N3S. The zero-order valence-electron chi connectivity index (χ0n) is 11.2. The minimum atomic E-state index is 0.369. The van der Waals surface area contributed by atoms with Crippen LogP contribution in [0.3, 0.4) is 0 Å². The number of anilines is 1. The van der Waals surface area contributed by atoms with Crippen LogP contribution in [0.15, 0.2) is 6.07 Å². The molecule has 0 aromatic carbocycles. The highest BCUT2D eigenvalue weighted by molar-refractivity contribution is 7.21. The molecule has 1 aliphatic carbocycles. The van der Waals surface area contributed by atoms with Crippen molar-refractivity contribution in [3.63, 3.8) is 0 Å². The van der Waals surface area contributed by atoms with Crippen LogP contribution in [0.5, 0.6) is 0 Å². The summed E-state index contributed by atoms with van der Waals surface area (Å²) >= 11 is 1.49. The van der Waals surface area contributed by atoms with Crippen LogP contribution in [-0.4, -0.2) is 9.97 Å². The molecule has 2 heterocycles. The Morgan fingerprint density at radius 1 is 1.33 bits per heavy atom. The lowest BCUT2D eigenvalue weighted by Crippen LogP contribution is -2.27. The Balaban J connectivity index is 2.02. The minimum Gasteiger partial charge on any atom is -0.375 e. The first kappa shape index (κ1) is 11.9. The van der Waals surface area contributed by atoms with Gasteiger partial charge in [0.1, 0.15) is 10.3 Å². The van der Waals surface area contributed by atoms with Gasteiger partial charge in [-0.2, -0.15) is 0 Å². The fraction of sp³-hybridized carbons (Fsp3) is 0.571. The van der Waals surface area contributed by atoms with Crippen LogP contribution < -0.4 is 5.73 Å². The molecule has 18 heavy (non-hydrogen) atoms. The second-order valence-corrected chi connectivity index (χ2v) is 7.29. The third kappa shape index (κ3) is 1.99. The van der Waals surface area contributed by atoms with Crippen molar-refractivity contribution >= 4 is 26.8 Å².